The number of amides is 1. The molecule has 0 radical (unpaired) electrons. The molecule has 0 bridgehead atoms. The molecule has 0 saturated carbocycles. The van der Waals surface area contributed by atoms with Gasteiger partial charge in [0.1, 0.15) is 5.54 Å². The minimum absolute atomic E-state index is 0.561. The Morgan fingerprint density at radius 1 is 1.05 bits per heavy atom. The van der Waals surface area contributed by atoms with E-state index in [0.717, 1.165) is 0 Å². The van der Waals surface area contributed by atoms with Gasteiger partial charge in [-0.05, 0) is 12.1 Å². The molecule has 0 heterocycles. The molecule has 1 amide bonds. The Morgan fingerprint density at radius 3 is 2.05 bits per heavy atom. The molecule has 0 aromatic heterocycles. The number of halogens is 3. The van der Waals surface area contributed by atoms with Crippen LogP contribution in [0.4, 0.5) is 13.2 Å². The normalized spacial score (nSPS) is 11.5. The zero-order chi connectivity index (χ0) is 14.6. The van der Waals surface area contributed by atoms with Gasteiger partial charge < -0.3 is 20.6 Å². The highest BCUT2D eigenvalue weighted by molar-refractivity contribution is 5.95. The second kappa shape index (κ2) is 6.00. The third-order valence-corrected chi connectivity index (χ3v) is 2.57. The van der Waals surface area contributed by atoms with Crippen LogP contribution < -0.4 is 5.32 Å². The van der Waals surface area contributed by atoms with Gasteiger partial charge in [-0.1, -0.05) is 0 Å². The van der Waals surface area contributed by atoms with Crippen LogP contribution in [0.5, 0.6) is 0 Å². The van der Waals surface area contributed by atoms with E-state index in [2.05, 4.69) is 0 Å². The van der Waals surface area contributed by atoms with E-state index < -0.39 is 54.3 Å². The molecule has 1 aromatic carbocycles. The van der Waals surface area contributed by atoms with Crippen molar-refractivity contribution in [3.05, 3.63) is 35.1 Å². The quantitative estimate of drug-likeness (QED) is 0.550. The van der Waals surface area contributed by atoms with Gasteiger partial charge in [0.2, 0.25) is 0 Å². The van der Waals surface area contributed by atoms with Crippen LogP contribution in [-0.2, 0) is 0 Å². The van der Waals surface area contributed by atoms with Crippen molar-refractivity contribution in [2.75, 3.05) is 19.8 Å². The van der Waals surface area contributed by atoms with Gasteiger partial charge in [-0.25, -0.2) is 13.2 Å². The molecule has 5 nitrogen and oxygen atoms in total. The Morgan fingerprint density at radius 2 is 1.58 bits per heavy atom. The Kier molecular flexibility index (Phi) is 4.87. The lowest BCUT2D eigenvalue weighted by Gasteiger charge is -2.28. The van der Waals surface area contributed by atoms with E-state index in [4.69, 9.17) is 15.3 Å². The average molecular weight is 279 g/mol. The van der Waals surface area contributed by atoms with Gasteiger partial charge in [-0.3, -0.25) is 4.79 Å². The van der Waals surface area contributed by atoms with Crippen molar-refractivity contribution in [1.82, 2.24) is 5.32 Å². The summed E-state index contributed by atoms with van der Waals surface area (Å²) in [7, 11) is 0. The van der Waals surface area contributed by atoms with E-state index in [1.54, 1.807) is 0 Å². The van der Waals surface area contributed by atoms with Crippen molar-refractivity contribution in [1.29, 1.82) is 0 Å². The molecule has 0 saturated heterocycles. The summed E-state index contributed by atoms with van der Waals surface area (Å²) in [5, 5.41) is 28.9. The van der Waals surface area contributed by atoms with Crippen LogP contribution in [0.2, 0.25) is 0 Å². The van der Waals surface area contributed by atoms with Gasteiger partial charge in [0.05, 0.1) is 25.4 Å². The lowest BCUT2D eigenvalue weighted by Crippen LogP contribution is -2.57. The summed E-state index contributed by atoms with van der Waals surface area (Å²) < 4.78 is 39.0. The lowest BCUT2D eigenvalue weighted by atomic mass is 10.0. The van der Waals surface area contributed by atoms with Gasteiger partial charge in [-0.15, -0.1) is 0 Å². The minimum atomic E-state index is -1.81. The fraction of sp³-hybridized carbons (Fsp3) is 0.364. The number of nitrogens with one attached hydrogen (secondary N) is 1. The first-order chi connectivity index (χ1) is 8.90. The number of hydrogen-bond acceptors (Lipinski definition) is 4. The Bertz CT molecular complexity index is 469. The molecular weight excluding hydrogens is 267 g/mol. The summed E-state index contributed by atoms with van der Waals surface area (Å²) in [6.07, 6.45) is 0. The topological polar surface area (TPSA) is 89.8 Å². The van der Waals surface area contributed by atoms with Crippen LogP contribution in [0.1, 0.15) is 10.4 Å². The molecule has 1 rings (SSSR count). The highest BCUT2D eigenvalue weighted by Gasteiger charge is 2.31. The molecule has 8 heteroatoms. The number of benzene rings is 1. The second-order valence-corrected chi connectivity index (χ2v) is 3.93. The molecule has 0 aliphatic rings. The maximum atomic E-state index is 13.3. The van der Waals surface area contributed by atoms with Gasteiger partial charge >= 0.3 is 0 Å². The van der Waals surface area contributed by atoms with Crippen molar-refractivity contribution in [2.24, 2.45) is 0 Å². The third-order valence-electron chi connectivity index (χ3n) is 2.57. The SMILES string of the molecule is O=C(NC(CO)(CO)CO)c1ccc(F)c(F)c1F. The molecule has 19 heavy (non-hydrogen) atoms. The fourth-order valence-electron chi connectivity index (χ4n) is 1.28. The van der Waals surface area contributed by atoms with Gasteiger partial charge in [-0.2, -0.15) is 0 Å². The Labute approximate surface area is 106 Å². The molecular formula is C11H12F3NO4. The van der Waals surface area contributed by atoms with E-state index >= 15 is 0 Å². The van der Waals surface area contributed by atoms with Crippen molar-refractivity contribution < 1.29 is 33.3 Å². The molecule has 106 valence electrons. The summed E-state index contributed by atoms with van der Waals surface area (Å²) in [5.41, 5.74) is -2.59. The first-order valence-electron chi connectivity index (χ1n) is 5.19. The van der Waals surface area contributed by atoms with Crippen LogP contribution in [0.15, 0.2) is 12.1 Å². The molecule has 0 unspecified atom stereocenters. The molecule has 4 N–H and O–H groups in total. The van der Waals surface area contributed by atoms with Crippen molar-refractivity contribution in [2.45, 2.75) is 5.54 Å². The maximum absolute atomic E-state index is 13.3. The summed E-state index contributed by atoms with van der Waals surface area (Å²) in [6, 6.07) is 1.27. The predicted molar refractivity (Wildman–Crippen MR) is 57.8 cm³/mol. The Hall–Kier alpha value is -1.64. The van der Waals surface area contributed by atoms with Gasteiger partial charge in [0.25, 0.3) is 5.91 Å². The maximum Gasteiger partial charge on any atom is 0.255 e. The smallest absolute Gasteiger partial charge is 0.255 e. The molecule has 0 fully saturated rings. The summed E-state index contributed by atoms with van der Waals surface area (Å²) in [4.78, 5) is 11.6. The zero-order valence-corrected chi connectivity index (χ0v) is 9.66. The van der Waals surface area contributed by atoms with Crippen LogP contribution in [-0.4, -0.2) is 46.6 Å². The minimum Gasteiger partial charge on any atom is -0.394 e. The molecule has 0 spiro atoms. The van der Waals surface area contributed by atoms with Gasteiger partial charge in [0, 0.05) is 0 Å². The monoisotopic (exact) mass is 279 g/mol. The number of carbonyl (C=O) groups excluding carboxylic acids is 1. The number of carbonyl (C=O) groups is 1. The van der Waals surface area contributed by atoms with Crippen molar-refractivity contribution in [3.63, 3.8) is 0 Å². The molecule has 0 atom stereocenters. The van der Waals surface area contributed by atoms with E-state index in [9.17, 15) is 18.0 Å². The summed E-state index contributed by atoms with van der Waals surface area (Å²) in [5.74, 6) is -6.16. The predicted octanol–water partition coefficient (Wildman–Crippen LogP) is -0.451. The first kappa shape index (κ1) is 15.4. The Balaban J connectivity index is 3.05. The van der Waals surface area contributed by atoms with E-state index in [-0.39, 0.29) is 0 Å². The van der Waals surface area contributed by atoms with Gasteiger partial charge in [0.15, 0.2) is 17.5 Å². The van der Waals surface area contributed by atoms with Crippen LogP contribution in [0.3, 0.4) is 0 Å². The summed E-state index contributed by atoms with van der Waals surface area (Å²) in [6.45, 7) is -2.47. The largest absolute Gasteiger partial charge is 0.394 e. The molecule has 0 aliphatic carbocycles. The number of rotatable bonds is 5. The highest BCUT2D eigenvalue weighted by Crippen LogP contribution is 2.16. The summed E-state index contributed by atoms with van der Waals surface area (Å²) >= 11 is 0. The van der Waals surface area contributed by atoms with Crippen molar-refractivity contribution >= 4 is 5.91 Å². The third kappa shape index (κ3) is 3.03. The first-order valence-corrected chi connectivity index (χ1v) is 5.19. The average Bonchev–Trinajstić information content (AvgIpc) is 2.42. The molecule has 0 aliphatic heterocycles. The van der Waals surface area contributed by atoms with E-state index in [0.29, 0.717) is 12.1 Å². The van der Waals surface area contributed by atoms with Crippen LogP contribution in [0.25, 0.3) is 0 Å². The van der Waals surface area contributed by atoms with E-state index in [1.807, 2.05) is 5.32 Å². The number of hydrogen-bond donors (Lipinski definition) is 4. The van der Waals surface area contributed by atoms with Crippen LogP contribution >= 0.6 is 0 Å². The zero-order valence-electron chi connectivity index (χ0n) is 9.66. The standard InChI is InChI=1S/C11H12F3NO4/c12-7-2-1-6(8(13)9(7)14)10(19)15-11(3-16,4-17)5-18/h1-2,16-18H,3-5H2,(H,15,19). The lowest BCUT2D eigenvalue weighted by molar-refractivity contribution is 0.0373. The van der Waals surface area contributed by atoms with Crippen LogP contribution in [0, 0.1) is 17.5 Å². The number of aliphatic hydroxyl groups is 3. The highest BCUT2D eigenvalue weighted by atomic mass is 19.2. The van der Waals surface area contributed by atoms with E-state index in [1.165, 1.54) is 0 Å². The second-order valence-electron chi connectivity index (χ2n) is 3.93. The number of aliphatic hydroxyl groups excluding tert-OH is 3. The van der Waals surface area contributed by atoms with Crippen molar-refractivity contribution in [3.8, 4) is 0 Å². The molecule has 1 aromatic rings. The fourth-order valence-corrected chi connectivity index (χ4v) is 1.28.